The van der Waals surface area contributed by atoms with E-state index < -0.39 is 5.54 Å². The van der Waals surface area contributed by atoms with Gasteiger partial charge in [0, 0.05) is 17.9 Å². The third kappa shape index (κ3) is 6.17. The molecule has 4 nitrogen and oxygen atoms in total. The highest BCUT2D eigenvalue weighted by Crippen LogP contribution is 2.28. The van der Waals surface area contributed by atoms with Gasteiger partial charge < -0.3 is 9.47 Å². The molecule has 1 heterocycles. The van der Waals surface area contributed by atoms with Crippen LogP contribution in [0, 0.1) is 0 Å². The maximum Gasteiger partial charge on any atom is 0.326 e. The molecule has 0 aromatic rings. The highest BCUT2D eigenvalue weighted by molar-refractivity contribution is 7.99. The molecule has 21 heavy (non-hydrogen) atoms. The minimum atomic E-state index is -0.581. The molecule has 124 valence electrons. The van der Waals surface area contributed by atoms with E-state index in [1.807, 2.05) is 25.6 Å². The predicted molar refractivity (Wildman–Crippen MR) is 88.8 cm³/mol. The number of hydrogen-bond donors (Lipinski definition) is 1. The Bertz CT molecular complexity index is 325. The van der Waals surface area contributed by atoms with Gasteiger partial charge in [0.05, 0.1) is 12.7 Å². The molecule has 1 rings (SSSR count). The van der Waals surface area contributed by atoms with Gasteiger partial charge in [-0.2, -0.15) is 11.8 Å². The lowest BCUT2D eigenvalue weighted by molar-refractivity contribution is -0.151. The van der Waals surface area contributed by atoms with Crippen LogP contribution in [0.5, 0.6) is 0 Å². The standard InChI is InChI=1S/C16H31NO3S/c1-6-19-15(18)16(5,17-12(2)3)9-7-11-21-14-8-10-20-13(14)4/h12-14,17H,6-11H2,1-5H3. The predicted octanol–water partition coefficient (Wildman–Crippen LogP) is 3.00. The molecule has 0 spiro atoms. The van der Waals surface area contributed by atoms with E-state index in [9.17, 15) is 4.79 Å². The van der Waals surface area contributed by atoms with Gasteiger partial charge in [0.15, 0.2) is 0 Å². The van der Waals surface area contributed by atoms with Crippen LogP contribution in [0.15, 0.2) is 0 Å². The van der Waals surface area contributed by atoms with Crippen LogP contribution in [-0.4, -0.2) is 47.9 Å². The molecule has 1 N–H and O–H groups in total. The van der Waals surface area contributed by atoms with Crippen molar-refractivity contribution in [2.24, 2.45) is 0 Å². The van der Waals surface area contributed by atoms with Crippen LogP contribution in [0.2, 0.25) is 0 Å². The zero-order valence-corrected chi connectivity index (χ0v) is 14.9. The maximum atomic E-state index is 12.2. The van der Waals surface area contributed by atoms with Crippen LogP contribution in [0.25, 0.3) is 0 Å². The van der Waals surface area contributed by atoms with Crippen molar-refractivity contribution in [2.45, 2.75) is 76.8 Å². The van der Waals surface area contributed by atoms with Gasteiger partial charge in [-0.25, -0.2) is 0 Å². The van der Waals surface area contributed by atoms with Crippen molar-refractivity contribution in [3.8, 4) is 0 Å². The van der Waals surface area contributed by atoms with Gasteiger partial charge in [0.1, 0.15) is 5.54 Å². The van der Waals surface area contributed by atoms with E-state index in [4.69, 9.17) is 9.47 Å². The summed E-state index contributed by atoms with van der Waals surface area (Å²) >= 11 is 1.97. The summed E-state index contributed by atoms with van der Waals surface area (Å²) in [6.45, 7) is 11.4. The van der Waals surface area contributed by atoms with Gasteiger partial charge in [0.2, 0.25) is 0 Å². The second kappa shape index (κ2) is 9.01. The number of rotatable bonds is 9. The Hall–Kier alpha value is -0.260. The molecule has 0 aromatic heterocycles. The third-order valence-corrected chi connectivity index (χ3v) is 5.36. The first-order chi connectivity index (χ1) is 9.89. The molecule has 0 aromatic carbocycles. The third-order valence-electron chi connectivity index (χ3n) is 3.79. The maximum absolute atomic E-state index is 12.2. The van der Waals surface area contributed by atoms with Gasteiger partial charge in [-0.15, -0.1) is 0 Å². The van der Waals surface area contributed by atoms with E-state index in [1.54, 1.807) is 0 Å². The molecule has 1 aliphatic rings. The summed E-state index contributed by atoms with van der Waals surface area (Å²) in [7, 11) is 0. The van der Waals surface area contributed by atoms with Crippen molar-refractivity contribution in [3.63, 3.8) is 0 Å². The molecule has 3 unspecified atom stereocenters. The number of thioether (sulfide) groups is 1. The van der Waals surface area contributed by atoms with Crippen LogP contribution in [0.4, 0.5) is 0 Å². The molecule has 1 aliphatic heterocycles. The van der Waals surface area contributed by atoms with Crippen molar-refractivity contribution < 1.29 is 14.3 Å². The fraction of sp³-hybridized carbons (Fsp3) is 0.938. The summed E-state index contributed by atoms with van der Waals surface area (Å²) in [6.07, 6.45) is 3.31. The van der Waals surface area contributed by atoms with E-state index in [2.05, 4.69) is 26.1 Å². The summed E-state index contributed by atoms with van der Waals surface area (Å²) in [5, 5.41) is 3.98. The molecule has 0 radical (unpaired) electrons. The van der Waals surface area contributed by atoms with Gasteiger partial charge in [0.25, 0.3) is 0 Å². The molecule has 5 heteroatoms. The summed E-state index contributed by atoms with van der Waals surface area (Å²) < 4.78 is 10.8. The lowest BCUT2D eigenvalue weighted by Gasteiger charge is -2.30. The van der Waals surface area contributed by atoms with Crippen LogP contribution in [-0.2, 0) is 14.3 Å². The average Bonchev–Trinajstić information content (AvgIpc) is 2.80. The van der Waals surface area contributed by atoms with Crippen molar-refractivity contribution in [1.29, 1.82) is 0 Å². The molecule has 0 aliphatic carbocycles. The molecule has 1 saturated heterocycles. The first-order valence-corrected chi connectivity index (χ1v) is 9.12. The van der Waals surface area contributed by atoms with Gasteiger partial charge in [-0.05, 0) is 59.6 Å². The number of ether oxygens (including phenoxy) is 2. The Balaban J connectivity index is 2.40. The lowest BCUT2D eigenvalue weighted by Crippen LogP contribution is -2.53. The molecule has 0 amide bonds. The van der Waals surface area contributed by atoms with Crippen molar-refractivity contribution in [3.05, 3.63) is 0 Å². The molecule has 0 bridgehead atoms. The van der Waals surface area contributed by atoms with Gasteiger partial charge in [-0.1, -0.05) is 0 Å². The van der Waals surface area contributed by atoms with Crippen LogP contribution in [0.1, 0.15) is 53.9 Å². The number of hydrogen-bond acceptors (Lipinski definition) is 5. The molecule has 3 atom stereocenters. The Labute approximate surface area is 133 Å². The molecule has 1 fully saturated rings. The number of carbonyl (C=O) groups excluding carboxylic acids is 1. The number of carbonyl (C=O) groups is 1. The van der Waals surface area contributed by atoms with E-state index in [-0.39, 0.29) is 12.0 Å². The SMILES string of the molecule is CCOC(=O)C(C)(CCCSC1CCOC1C)NC(C)C. The monoisotopic (exact) mass is 317 g/mol. The highest BCUT2D eigenvalue weighted by Gasteiger charge is 2.34. The zero-order valence-electron chi connectivity index (χ0n) is 14.1. The number of nitrogens with one attached hydrogen (secondary N) is 1. The second-order valence-electron chi connectivity index (χ2n) is 6.23. The topological polar surface area (TPSA) is 47.6 Å². The highest BCUT2D eigenvalue weighted by atomic mass is 32.2. The van der Waals surface area contributed by atoms with Crippen LogP contribution < -0.4 is 5.32 Å². The average molecular weight is 317 g/mol. The Morgan fingerprint density at radius 3 is 2.76 bits per heavy atom. The van der Waals surface area contributed by atoms with Crippen molar-refractivity contribution in [2.75, 3.05) is 19.0 Å². The summed E-state index contributed by atoms with van der Waals surface area (Å²) in [5.41, 5.74) is -0.581. The molecule has 0 saturated carbocycles. The molecular weight excluding hydrogens is 286 g/mol. The van der Waals surface area contributed by atoms with E-state index in [0.717, 1.165) is 31.6 Å². The zero-order chi connectivity index (χ0) is 15.9. The largest absolute Gasteiger partial charge is 0.465 e. The van der Waals surface area contributed by atoms with Crippen molar-refractivity contribution in [1.82, 2.24) is 5.32 Å². The smallest absolute Gasteiger partial charge is 0.326 e. The lowest BCUT2D eigenvalue weighted by atomic mass is 9.95. The summed E-state index contributed by atoms with van der Waals surface area (Å²) in [4.78, 5) is 12.2. The Morgan fingerprint density at radius 2 is 2.24 bits per heavy atom. The minimum Gasteiger partial charge on any atom is -0.465 e. The Kier molecular flexibility index (Phi) is 8.06. The molecular formula is C16H31NO3S. The van der Waals surface area contributed by atoms with E-state index in [1.165, 1.54) is 0 Å². The van der Waals surface area contributed by atoms with E-state index >= 15 is 0 Å². The normalized spacial score (nSPS) is 25.0. The van der Waals surface area contributed by atoms with Crippen molar-refractivity contribution >= 4 is 17.7 Å². The summed E-state index contributed by atoms with van der Waals surface area (Å²) in [5.74, 6) is 0.925. The van der Waals surface area contributed by atoms with Crippen LogP contribution >= 0.6 is 11.8 Å². The second-order valence-corrected chi connectivity index (χ2v) is 7.58. The minimum absolute atomic E-state index is 0.138. The Morgan fingerprint density at radius 1 is 1.52 bits per heavy atom. The summed E-state index contributed by atoms with van der Waals surface area (Å²) in [6, 6.07) is 0.260. The fourth-order valence-corrected chi connectivity index (χ4v) is 3.98. The van der Waals surface area contributed by atoms with E-state index in [0.29, 0.717) is 18.0 Å². The first-order valence-electron chi connectivity index (χ1n) is 8.07. The fourth-order valence-electron chi connectivity index (χ4n) is 2.75. The van der Waals surface area contributed by atoms with Gasteiger partial charge >= 0.3 is 5.97 Å². The van der Waals surface area contributed by atoms with Crippen LogP contribution in [0.3, 0.4) is 0 Å². The first kappa shape index (κ1) is 18.8. The number of esters is 1. The quantitative estimate of drug-likeness (QED) is 0.523. The van der Waals surface area contributed by atoms with Gasteiger partial charge in [-0.3, -0.25) is 10.1 Å².